The molecule has 0 amide bonds. The zero-order valence-electron chi connectivity index (χ0n) is 7.03. The molecule has 11 heavy (non-hydrogen) atoms. The lowest BCUT2D eigenvalue weighted by atomic mass is 10.3. The first-order valence-electron chi connectivity index (χ1n) is 3.80. The standard InChI is InChI=1S/C8H16ClNO/c1-8(9)7-10-5-3-4-6-11-2/h10H,1,3-7H2,2H3. The molecule has 0 saturated heterocycles. The highest BCUT2D eigenvalue weighted by molar-refractivity contribution is 6.29. The van der Waals surface area contributed by atoms with Crippen molar-refractivity contribution in [2.24, 2.45) is 0 Å². The highest BCUT2D eigenvalue weighted by atomic mass is 35.5. The van der Waals surface area contributed by atoms with Crippen LogP contribution in [0.15, 0.2) is 11.6 Å². The molecule has 0 atom stereocenters. The van der Waals surface area contributed by atoms with E-state index in [-0.39, 0.29) is 0 Å². The van der Waals surface area contributed by atoms with Crippen LogP contribution < -0.4 is 5.32 Å². The van der Waals surface area contributed by atoms with Crippen LogP contribution in [0.25, 0.3) is 0 Å². The summed E-state index contributed by atoms with van der Waals surface area (Å²) in [6, 6.07) is 0. The summed E-state index contributed by atoms with van der Waals surface area (Å²) in [7, 11) is 1.72. The van der Waals surface area contributed by atoms with E-state index >= 15 is 0 Å². The van der Waals surface area contributed by atoms with Crippen molar-refractivity contribution in [2.75, 3.05) is 26.8 Å². The first-order chi connectivity index (χ1) is 5.27. The number of halogens is 1. The second-order valence-electron chi connectivity index (χ2n) is 2.39. The number of methoxy groups -OCH3 is 1. The van der Waals surface area contributed by atoms with Crippen LogP contribution in [0.2, 0.25) is 0 Å². The van der Waals surface area contributed by atoms with Crippen LogP contribution in [-0.2, 0) is 4.74 Å². The fourth-order valence-electron chi connectivity index (χ4n) is 0.720. The number of nitrogens with one attached hydrogen (secondary N) is 1. The van der Waals surface area contributed by atoms with Crippen molar-refractivity contribution in [1.82, 2.24) is 5.32 Å². The average molecular weight is 178 g/mol. The van der Waals surface area contributed by atoms with Crippen molar-refractivity contribution >= 4 is 11.6 Å². The van der Waals surface area contributed by atoms with E-state index in [9.17, 15) is 0 Å². The summed E-state index contributed by atoms with van der Waals surface area (Å²) in [5.74, 6) is 0. The molecule has 0 aliphatic heterocycles. The summed E-state index contributed by atoms with van der Waals surface area (Å²) in [5.41, 5.74) is 0. The zero-order chi connectivity index (χ0) is 8.53. The monoisotopic (exact) mass is 177 g/mol. The normalized spacial score (nSPS) is 10.0. The van der Waals surface area contributed by atoms with Gasteiger partial charge in [-0.15, -0.1) is 0 Å². The zero-order valence-corrected chi connectivity index (χ0v) is 7.78. The minimum atomic E-state index is 0.664. The molecule has 0 aromatic heterocycles. The van der Waals surface area contributed by atoms with Crippen molar-refractivity contribution < 1.29 is 4.74 Å². The lowest BCUT2D eigenvalue weighted by Crippen LogP contribution is -2.16. The van der Waals surface area contributed by atoms with Gasteiger partial charge < -0.3 is 10.1 Å². The second-order valence-corrected chi connectivity index (χ2v) is 2.93. The maximum absolute atomic E-state index is 5.54. The lowest BCUT2D eigenvalue weighted by Gasteiger charge is -2.01. The minimum Gasteiger partial charge on any atom is -0.385 e. The van der Waals surface area contributed by atoms with Gasteiger partial charge in [-0.25, -0.2) is 0 Å². The molecule has 0 radical (unpaired) electrons. The van der Waals surface area contributed by atoms with E-state index in [2.05, 4.69) is 11.9 Å². The van der Waals surface area contributed by atoms with E-state index in [0.29, 0.717) is 11.6 Å². The average Bonchev–Trinajstić information content (AvgIpc) is 1.96. The molecule has 0 unspecified atom stereocenters. The van der Waals surface area contributed by atoms with Crippen LogP contribution in [-0.4, -0.2) is 26.8 Å². The Morgan fingerprint density at radius 1 is 1.55 bits per heavy atom. The second kappa shape index (κ2) is 8.05. The predicted octanol–water partition coefficient (Wildman–Crippen LogP) is 1.76. The smallest absolute Gasteiger partial charge is 0.0462 e. The topological polar surface area (TPSA) is 21.3 Å². The number of ether oxygens (including phenoxy) is 1. The van der Waals surface area contributed by atoms with Gasteiger partial charge in [-0.3, -0.25) is 0 Å². The Morgan fingerprint density at radius 3 is 2.82 bits per heavy atom. The fourth-order valence-corrected chi connectivity index (χ4v) is 0.815. The van der Waals surface area contributed by atoms with Crippen LogP contribution >= 0.6 is 11.6 Å². The van der Waals surface area contributed by atoms with Gasteiger partial charge in [-0.2, -0.15) is 0 Å². The van der Waals surface area contributed by atoms with Gasteiger partial charge in [-0.05, 0) is 19.4 Å². The first-order valence-corrected chi connectivity index (χ1v) is 4.18. The van der Waals surface area contributed by atoms with Gasteiger partial charge in [0.15, 0.2) is 0 Å². The molecule has 1 N–H and O–H groups in total. The number of unbranched alkanes of at least 4 members (excludes halogenated alkanes) is 1. The largest absolute Gasteiger partial charge is 0.385 e. The first kappa shape index (κ1) is 11.0. The van der Waals surface area contributed by atoms with Crippen LogP contribution in [0.4, 0.5) is 0 Å². The third-order valence-corrected chi connectivity index (χ3v) is 1.40. The van der Waals surface area contributed by atoms with Crippen LogP contribution in [0, 0.1) is 0 Å². The highest BCUT2D eigenvalue weighted by Crippen LogP contribution is 1.93. The fraction of sp³-hybridized carbons (Fsp3) is 0.750. The van der Waals surface area contributed by atoms with Crippen molar-refractivity contribution in [2.45, 2.75) is 12.8 Å². The van der Waals surface area contributed by atoms with Gasteiger partial charge in [0.25, 0.3) is 0 Å². The Bertz CT molecular complexity index is 106. The Balaban J connectivity index is 2.85. The molecular weight excluding hydrogens is 162 g/mol. The molecule has 0 spiro atoms. The summed E-state index contributed by atoms with van der Waals surface area (Å²) < 4.78 is 4.90. The molecule has 2 nitrogen and oxygen atoms in total. The predicted molar refractivity (Wildman–Crippen MR) is 49.0 cm³/mol. The highest BCUT2D eigenvalue weighted by Gasteiger charge is 1.88. The molecule has 0 heterocycles. The Hall–Kier alpha value is -0.0500. The van der Waals surface area contributed by atoms with Crippen LogP contribution in [0.1, 0.15) is 12.8 Å². The van der Waals surface area contributed by atoms with Crippen LogP contribution in [0.5, 0.6) is 0 Å². The quantitative estimate of drug-likeness (QED) is 0.599. The number of hydrogen-bond acceptors (Lipinski definition) is 2. The van der Waals surface area contributed by atoms with E-state index in [4.69, 9.17) is 16.3 Å². The SMILES string of the molecule is C=C(Cl)CNCCCCOC. The van der Waals surface area contributed by atoms with Crippen molar-refractivity contribution in [3.05, 3.63) is 11.6 Å². The molecule has 66 valence electrons. The van der Waals surface area contributed by atoms with Crippen molar-refractivity contribution in [3.8, 4) is 0 Å². The maximum Gasteiger partial charge on any atom is 0.0462 e. The van der Waals surface area contributed by atoms with E-state index in [0.717, 1.165) is 26.0 Å². The van der Waals surface area contributed by atoms with Gasteiger partial charge in [0.1, 0.15) is 0 Å². The summed E-state index contributed by atoms with van der Waals surface area (Å²) >= 11 is 5.54. The van der Waals surface area contributed by atoms with E-state index in [1.807, 2.05) is 0 Å². The Kier molecular flexibility index (Phi) is 8.01. The van der Waals surface area contributed by atoms with Gasteiger partial charge in [-0.1, -0.05) is 18.2 Å². The molecular formula is C8H16ClNO. The van der Waals surface area contributed by atoms with Crippen molar-refractivity contribution in [3.63, 3.8) is 0 Å². The third kappa shape index (κ3) is 9.95. The van der Waals surface area contributed by atoms with Crippen LogP contribution in [0.3, 0.4) is 0 Å². The summed E-state index contributed by atoms with van der Waals surface area (Å²) in [5, 5.41) is 3.82. The number of hydrogen-bond donors (Lipinski definition) is 1. The van der Waals surface area contributed by atoms with Crippen molar-refractivity contribution in [1.29, 1.82) is 0 Å². The molecule has 0 bridgehead atoms. The van der Waals surface area contributed by atoms with Gasteiger partial charge in [0.2, 0.25) is 0 Å². The molecule has 0 aliphatic carbocycles. The van der Waals surface area contributed by atoms with Gasteiger partial charge in [0, 0.05) is 25.3 Å². The number of rotatable bonds is 7. The molecule has 0 aliphatic rings. The third-order valence-electron chi connectivity index (χ3n) is 1.27. The Morgan fingerprint density at radius 2 is 2.27 bits per heavy atom. The summed E-state index contributed by atoms with van der Waals surface area (Å²) in [6.45, 7) is 6.09. The van der Waals surface area contributed by atoms with E-state index < -0.39 is 0 Å². The molecule has 0 saturated carbocycles. The lowest BCUT2D eigenvalue weighted by molar-refractivity contribution is 0.193. The molecule has 0 aromatic carbocycles. The maximum atomic E-state index is 5.54. The minimum absolute atomic E-state index is 0.664. The molecule has 3 heteroatoms. The molecule has 0 rings (SSSR count). The van der Waals surface area contributed by atoms with Gasteiger partial charge >= 0.3 is 0 Å². The van der Waals surface area contributed by atoms with E-state index in [1.54, 1.807) is 7.11 Å². The van der Waals surface area contributed by atoms with E-state index in [1.165, 1.54) is 0 Å². The molecule has 0 fully saturated rings. The summed E-state index contributed by atoms with van der Waals surface area (Å²) in [6.07, 6.45) is 2.22. The molecule has 0 aromatic rings. The van der Waals surface area contributed by atoms with Gasteiger partial charge in [0.05, 0.1) is 0 Å². The summed E-state index contributed by atoms with van der Waals surface area (Å²) in [4.78, 5) is 0. The Labute approximate surface area is 73.6 Å².